The van der Waals surface area contributed by atoms with Crippen molar-refractivity contribution in [3.63, 3.8) is 0 Å². The minimum Gasteiger partial charge on any atom is -0.482 e. The summed E-state index contributed by atoms with van der Waals surface area (Å²) in [5.74, 6) is -1.08. The number of anilines is 2. The fraction of sp³-hybridized carbons (Fsp3) is 0.300. The molecule has 1 aromatic carbocycles. The molecule has 31 heavy (non-hydrogen) atoms. The van der Waals surface area contributed by atoms with E-state index in [0.29, 0.717) is 17.9 Å². The molecule has 4 rings (SSSR count). The van der Waals surface area contributed by atoms with Gasteiger partial charge < -0.3 is 24.5 Å². The smallest absolute Gasteiger partial charge is 0.366 e. The molecule has 1 atom stereocenters. The van der Waals surface area contributed by atoms with Crippen molar-refractivity contribution >= 4 is 34.9 Å². The Kier molecular flexibility index (Phi) is 5.01. The van der Waals surface area contributed by atoms with Crippen molar-refractivity contribution in [2.45, 2.75) is 19.4 Å². The third-order valence-electron chi connectivity index (χ3n) is 5.12. The Morgan fingerprint density at radius 2 is 2.00 bits per heavy atom. The normalized spacial score (nSPS) is 17.4. The average Bonchev–Trinajstić information content (AvgIpc) is 2.77. The maximum absolute atomic E-state index is 13.0. The van der Waals surface area contributed by atoms with Crippen LogP contribution in [0.2, 0.25) is 0 Å². The van der Waals surface area contributed by atoms with Crippen LogP contribution in [-0.4, -0.2) is 53.8 Å². The van der Waals surface area contributed by atoms with E-state index in [9.17, 15) is 24.5 Å². The summed E-state index contributed by atoms with van der Waals surface area (Å²) >= 11 is 0. The molecule has 2 aromatic rings. The number of nitrogens with zero attached hydrogens (tertiary/aromatic N) is 4. The third-order valence-corrected chi connectivity index (χ3v) is 5.12. The van der Waals surface area contributed by atoms with Crippen molar-refractivity contribution in [2.24, 2.45) is 0 Å². The van der Waals surface area contributed by atoms with Crippen molar-refractivity contribution < 1.29 is 28.8 Å². The number of amides is 2. The molecule has 1 unspecified atom stereocenters. The molecule has 0 aliphatic carbocycles. The number of benzene rings is 1. The van der Waals surface area contributed by atoms with Gasteiger partial charge in [-0.25, -0.2) is 0 Å². The lowest BCUT2D eigenvalue weighted by Gasteiger charge is -2.30. The Hall–Kier alpha value is -4.02. The van der Waals surface area contributed by atoms with Crippen molar-refractivity contribution in [2.75, 3.05) is 30.0 Å². The van der Waals surface area contributed by atoms with E-state index in [2.05, 4.69) is 4.98 Å². The molecular formula is C20H18N4O7. The number of likely N-dealkylation sites (N-methyl/N-ethyl adjacent to an activating group) is 1. The third kappa shape index (κ3) is 3.54. The molecule has 0 fully saturated rings. The van der Waals surface area contributed by atoms with Crippen LogP contribution in [-0.2, 0) is 9.59 Å². The van der Waals surface area contributed by atoms with Gasteiger partial charge in [0.05, 0.1) is 12.2 Å². The molecule has 11 heteroatoms. The molecule has 0 N–H and O–H groups in total. The summed E-state index contributed by atoms with van der Waals surface area (Å²) in [6, 6.07) is 7.17. The highest BCUT2D eigenvalue weighted by Crippen LogP contribution is 2.36. The number of pyridine rings is 1. The number of Topliss-reactive ketones (excluding diaryl/α,β-unsaturated/α-hetero) is 1. The fourth-order valence-corrected chi connectivity index (χ4v) is 3.39. The van der Waals surface area contributed by atoms with E-state index < -0.39 is 35.1 Å². The molecule has 0 bridgehead atoms. The SMILES string of the molecule is CCC1Oc2ccc([N+](=O)[O-])nc2N(CC(=O)c2ccc3c(c2)N(C)C(=O)CO3)C1=O. The summed E-state index contributed by atoms with van der Waals surface area (Å²) in [6.45, 7) is 1.28. The first-order chi connectivity index (χ1) is 14.8. The van der Waals surface area contributed by atoms with Gasteiger partial charge in [-0.1, -0.05) is 6.92 Å². The predicted octanol–water partition coefficient (Wildman–Crippen LogP) is 1.73. The van der Waals surface area contributed by atoms with Crippen LogP contribution in [0, 0.1) is 10.1 Å². The Bertz CT molecular complexity index is 1120. The van der Waals surface area contributed by atoms with E-state index in [1.165, 1.54) is 29.2 Å². The minimum absolute atomic E-state index is 0.0779. The first-order valence-electron chi connectivity index (χ1n) is 9.50. The highest BCUT2D eigenvalue weighted by Gasteiger charge is 2.39. The van der Waals surface area contributed by atoms with Crippen LogP contribution in [0.4, 0.5) is 17.3 Å². The van der Waals surface area contributed by atoms with Gasteiger partial charge in [-0.15, -0.1) is 0 Å². The maximum Gasteiger partial charge on any atom is 0.366 e. The highest BCUT2D eigenvalue weighted by molar-refractivity contribution is 6.08. The summed E-state index contributed by atoms with van der Waals surface area (Å²) in [6.07, 6.45) is -0.479. The Morgan fingerprint density at radius 3 is 2.71 bits per heavy atom. The predicted molar refractivity (Wildman–Crippen MR) is 108 cm³/mol. The van der Waals surface area contributed by atoms with E-state index >= 15 is 0 Å². The standard InChI is InChI=1S/C20H18N4O7/c1-3-14-20(27)23(19-16(31-14)6-7-17(21-19)24(28)29)9-13(25)11-4-5-15-12(8-11)22(2)18(26)10-30-15/h4-8,14H,3,9-10H2,1-2H3. The molecule has 2 aliphatic rings. The topological polar surface area (TPSA) is 132 Å². The van der Waals surface area contributed by atoms with Crippen molar-refractivity contribution in [3.8, 4) is 11.5 Å². The number of carbonyl (C=O) groups excluding carboxylic acids is 3. The molecule has 0 radical (unpaired) electrons. The monoisotopic (exact) mass is 426 g/mol. The molecule has 2 amide bonds. The first kappa shape index (κ1) is 20.3. The van der Waals surface area contributed by atoms with Crippen LogP contribution < -0.4 is 19.3 Å². The number of aromatic nitrogens is 1. The molecule has 3 heterocycles. The van der Waals surface area contributed by atoms with Crippen LogP contribution >= 0.6 is 0 Å². The number of nitro groups is 1. The lowest BCUT2D eigenvalue weighted by molar-refractivity contribution is -0.389. The second-order valence-electron chi connectivity index (χ2n) is 7.03. The molecule has 2 aliphatic heterocycles. The van der Waals surface area contributed by atoms with Crippen LogP contribution in [0.25, 0.3) is 0 Å². The Balaban J connectivity index is 1.67. The van der Waals surface area contributed by atoms with Crippen molar-refractivity contribution in [3.05, 3.63) is 46.0 Å². The van der Waals surface area contributed by atoms with Crippen LogP contribution in [0.15, 0.2) is 30.3 Å². The highest BCUT2D eigenvalue weighted by atomic mass is 16.6. The number of ether oxygens (including phenoxy) is 2. The Morgan fingerprint density at radius 1 is 1.26 bits per heavy atom. The zero-order valence-corrected chi connectivity index (χ0v) is 16.7. The number of rotatable bonds is 5. The first-order valence-corrected chi connectivity index (χ1v) is 9.50. The molecule has 0 saturated heterocycles. The van der Waals surface area contributed by atoms with E-state index in [4.69, 9.17) is 9.47 Å². The van der Waals surface area contributed by atoms with Crippen LogP contribution in [0.5, 0.6) is 11.5 Å². The molecule has 0 saturated carbocycles. The van der Waals surface area contributed by atoms with Gasteiger partial charge in [-0.05, 0) is 40.6 Å². The molecule has 160 valence electrons. The molecule has 11 nitrogen and oxygen atoms in total. The van der Waals surface area contributed by atoms with Crippen molar-refractivity contribution in [1.82, 2.24) is 4.98 Å². The van der Waals surface area contributed by atoms with Gasteiger partial charge in [0, 0.05) is 18.7 Å². The van der Waals surface area contributed by atoms with E-state index in [1.54, 1.807) is 20.0 Å². The van der Waals surface area contributed by atoms with Gasteiger partial charge in [0.2, 0.25) is 0 Å². The summed E-state index contributed by atoms with van der Waals surface area (Å²) in [5, 5.41) is 11.1. The lowest BCUT2D eigenvalue weighted by atomic mass is 10.1. The van der Waals surface area contributed by atoms with Gasteiger partial charge in [-0.3, -0.25) is 19.3 Å². The second-order valence-corrected chi connectivity index (χ2v) is 7.03. The minimum atomic E-state index is -0.829. The van der Waals surface area contributed by atoms with Gasteiger partial charge in [-0.2, -0.15) is 0 Å². The fourth-order valence-electron chi connectivity index (χ4n) is 3.39. The molecule has 0 spiro atoms. The number of hydrogen-bond acceptors (Lipinski definition) is 8. The summed E-state index contributed by atoms with van der Waals surface area (Å²) in [4.78, 5) is 54.6. The number of hydrogen-bond donors (Lipinski definition) is 0. The van der Waals surface area contributed by atoms with E-state index in [0.717, 1.165) is 4.90 Å². The van der Waals surface area contributed by atoms with Crippen LogP contribution in [0.3, 0.4) is 0 Å². The zero-order chi connectivity index (χ0) is 22.3. The molecular weight excluding hydrogens is 408 g/mol. The molecule has 1 aromatic heterocycles. The lowest BCUT2D eigenvalue weighted by Crippen LogP contribution is -2.48. The van der Waals surface area contributed by atoms with Gasteiger partial charge in [0.25, 0.3) is 17.6 Å². The number of carbonyl (C=O) groups is 3. The van der Waals surface area contributed by atoms with Gasteiger partial charge >= 0.3 is 5.82 Å². The zero-order valence-electron chi connectivity index (χ0n) is 16.7. The van der Waals surface area contributed by atoms with Gasteiger partial charge in [0.1, 0.15) is 5.75 Å². The Labute approximate surface area is 176 Å². The van der Waals surface area contributed by atoms with Crippen molar-refractivity contribution in [1.29, 1.82) is 0 Å². The summed E-state index contributed by atoms with van der Waals surface area (Å²) in [5.41, 5.74) is 0.694. The summed E-state index contributed by atoms with van der Waals surface area (Å²) < 4.78 is 11.0. The van der Waals surface area contributed by atoms with E-state index in [1.807, 2.05) is 0 Å². The van der Waals surface area contributed by atoms with E-state index in [-0.39, 0.29) is 29.6 Å². The number of fused-ring (bicyclic) bond motifs is 2. The largest absolute Gasteiger partial charge is 0.482 e. The number of ketones is 1. The quantitative estimate of drug-likeness (QED) is 0.401. The average molecular weight is 426 g/mol. The summed E-state index contributed by atoms with van der Waals surface area (Å²) in [7, 11) is 1.58. The van der Waals surface area contributed by atoms with Crippen LogP contribution in [0.1, 0.15) is 23.7 Å². The second kappa shape index (κ2) is 7.67. The maximum atomic E-state index is 13.0. The van der Waals surface area contributed by atoms with Gasteiger partial charge in [0.15, 0.2) is 24.2 Å².